The normalized spacial score (nSPS) is 11.1. The van der Waals surface area contributed by atoms with Crippen LogP contribution in [0.25, 0.3) is 0 Å². The van der Waals surface area contributed by atoms with Gasteiger partial charge in [0.15, 0.2) is 6.61 Å². The van der Waals surface area contributed by atoms with Crippen LogP contribution in [0.2, 0.25) is 0 Å². The molecule has 0 spiro atoms. The predicted molar refractivity (Wildman–Crippen MR) is 66.6 cm³/mol. The van der Waals surface area contributed by atoms with Crippen LogP contribution in [0, 0.1) is 0 Å². The number of halogens is 3. The second-order valence-electron chi connectivity index (χ2n) is 3.58. The molecule has 1 aromatic carbocycles. The van der Waals surface area contributed by atoms with Gasteiger partial charge >= 0.3 is 0 Å². The van der Waals surface area contributed by atoms with Crippen molar-refractivity contribution in [2.75, 3.05) is 19.7 Å². The highest BCUT2D eigenvalue weighted by atomic mass is 79.9. The molecule has 0 saturated carbocycles. The summed E-state index contributed by atoms with van der Waals surface area (Å²) < 4.78 is 31.5. The van der Waals surface area contributed by atoms with Crippen molar-refractivity contribution in [1.82, 2.24) is 5.32 Å². The molecule has 3 N–H and O–H groups in total. The maximum Gasteiger partial charge on any atom is 0.277 e. The molecule has 0 aromatic heterocycles. The maximum atomic E-state index is 12.7. The summed E-state index contributed by atoms with van der Waals surface area (Å²) in [6.45, 7) is -1.91. The zero-order chi connectivity index (χ0) is 13.6. The van der Waals surface area contributed by atoms with Gasteiger partial charge in [-0.3, -0.25) is 4.79 Å². The van der Waals surface area contributed by atoms with Crippen LogP contribution in [0.5, 0.6) is 5.75 Å². The summed E-state index contributed by atoms with van der Waals surface area (Å²) in [5.74, 6) is -3.22. The van der Waals surface area contributed by atoms with Crippen LogP contribution in [0.1, 0.15) is 0 Å². The first-order valence-corrected chi connectivity index (χ1v) is 5.95. The van der Waals surface area contributed by atoms with Crippen LogP contribution in [-0.4, -0.2) is 31.5 Å². The Balaban J connectivity index is 2.31. The molecule has 0 saturated heterocycles. The topological polar surface area (TPSA) is 64.3 Å². The summed E-state index contributed by atoms with van der Waals surface area (Å²) in [6.07, 6.45) is 0. The molecule has 0 atom stereocenters. The Morgan fingerprint density at radius 3 is 2.56 bits per heavy atom. The Hall–Kier alpha value is -1.21. The van der Waals surface area contributed by atoms with E-state index in [1.165, 1.54) is 0 Å². The van der Waals surface area contributed by atoms with Gasteiger partial charge in [-0.25, -0.2) is 8.78 Å². The van der Waals surface area contributed by atoms with E-state index in [-0.39, 0.29) is 6.61 Å². The fraction of sp³-hybridized carbons (Fsp3) is 0.364. The number of ether oxygens (including phenoxy) is 1. The molecule has 7 heteroatoms. The number of hydrogen-bond donors (Lipinski definition) is 2. The first kappa shape index (κ1) is 14.8. The molecule has 0 unspecified atom stereocenters. The SMILES string of the molecule is NCC(F)(F)CNC(=O)COc1ccc(Br)cc1. The van der Waals surface area contributed by atoms with Crippen molar-refractivity contribution in [1.29, 1.82) is 0 Å². The Morgan fingerprint density at radius 1 is 1.39 bits per heavy atom. The van der Waals surface area contributed by atoms with Crippen LogP contribution in [0.4, 0.5) is 8.78 Å². The highest BCUT2D eigenvalue weighted by Crippen LogP contribution is 2.15. The zero-order valence-electron chi connectivity index (χ0n) is 9.46. The molecule has 1 rings (SSSR count). The third-order valence-corrected chi connectivity index (χ3v) is 2.56. The minimum Gasteiger partial charge on any atom is -0.484 e. The number of amides is 1. The highest BCUT2D eigenvalue weighted by Gasteiger charge is 2.27. The maximum absolute atomic E-state index is 12.7. The minimum atomic E-state index is -3.09. The molecular weight excluding hydrogens is 310 g/mol. The van der Waals surface area contributed by atoms with E-state index >= 15 is 0 Å². The second kappa shape index (κ2) is 6.65. The van der Waals surface area contributed by atoms with Gasteiger partial charge in [0, 0.05) is 4.47 Å². The average Bonchev–Trinajstić information content (AvgIpc) is 2.36. The van der Waals surface area contributed by atoms with E-state index in [9.17, 15) is 13.6 Å². The molecule has 0 aliphatic carbocycles. The smallest absolute Gasteiger partial charge is 0.277 e. The summed E-state index contributed by atoms with van der Waals surface area (Å²) in [6, 6.07) is 6.81. The third-order valence-electron chi connectivity index (χ3n) is 2.03. The molecule has 0 aliphatic rings. The molecule has 0 bridgehead atoms. The molecular formula is C11H13BrF2N2O2. The number of hydrogen-bond acceptors (Lipinski definition) is 3. The molecule has 100 valence electrons. The highest BCUT2D eigenvalue weighted by molar-refractivity contribution is 9.10. The predicted octanol–water partition coefficient (Wildman–Crippen LogP) is 1.54. The van der Waals surface area contributed by atoms with Crippen LogP contribution in [-0.2, 0) is 4.79 Å². The lowest BCUT2D eigenvalue weighted by Gasteiger charge is -2.14. The summed E-state index contributed by atoms with van der Waals surface area (Å²) in [4.78, 5) is 11.2. The number of nitrogens with one attached hydrogen (secondary N) is 1. The van der Waals surface area contributed by atoms with Crippen molar-refractivity contribution in [3.05, 3.63) is 28.7 Å². The average molecular weight is 323 g/mol. The van der Waals surface area contributed by atoms with Crippen molar-refractivity contribution < 1.29 is 18.3 Å². The largest absolute Gasteiger partial charge is 0.484 e. The van der Waals surface area contributed by atoms with Crippen molar-refractivity contribution >= 4 is 21.8 Å². The molecule has 1 amide bonds. The molecule has 0 radical (unpaired) electrons. The van der Waals surface area contributed by atoms with Gasteiger partial charge in [-0.1, -0.05) is 15.9 Å². The minimum absolute atomic E-state index is 0.317. The van der Waals surface area contributed by atoms with E-state index < -0.39 is 24.9 Å². The fourth-order valence-electron chi connectivity index (χ4n) is 1.03. The Labute approximate surface area is 112 Å². The number of rotatable bonds is 6. The van der Waals surface area contributed by atoms with Gasteiger partial charge < -0.3 is 15.8 Å². The Morgan fingerprint density at radius 2 is 2.00 bits per heavy atom. The van der Waals surface area contributed by atoms with Gasteiger partial charge in [0.05, 0.1) is 13.1 Å². The molecule has 1 aromatic rings. The zero-order valence-corrected chi connectivity index (χ0v) is 11.0. The van der Waals surface area contributed by atoms with Gasteiger partial charge in [-0.2, -0.15) is 0 Å². The Bertz CT molecular complexity index is 399. The van der Waals surface area contributed by atoms with E-state index in [0.29, 0.717) is 5.75 Å². The molecule has 0 fully saturated rings. The van der Waals surface area contributed by atoms with Gasteiger partial charge in [-0.05, 0) is 24.3 Å². The number of alkyl halides is 2. The summed E-state index contributed by atoms with van der Waals surface area (Å²) in [5.41, 5.74) is 4.83. The lowest BCUT2D eigenvalue weighted by molar-refractivity contribution is -0.124. The second-order valence-corrected chi connectivity index (χ2v) is 4.50. The van der Waals surface area contributed by atoms with E-state index in [4.69, 9.17) is 10.5 Å². The number of carbonyl (C=O) groups excluding carboxylic acids is 1. The van der Waals surface area contributed by atoms with Gasteiger partial charge in [-0.15, -0.1) is 0 Å². The first-order chi connectivity index (χ1) is 8.43. The fourth-order valence-corrected chi connectivity index (χ4v) is 1.30. The summed E-state index contributed by atoms with van der Waals surface area (Å²) in [7, 11) is 0. The van der Waals surface area contributed by atoms with Crippen LogP contribution in [0.15, 0.2) is 28.7 Å². The summed E-state index contributed by atoms with van der Waals surface area (Å²) in [5, 5.41) is 2.05. The first-order valence-electron chi connectivity index (χ1n) is 5.16. The lowest BCUT2D eigenvalue weighted by Crippen LogP contribution is -2.42. The quantitative estimate of drug-likeness (QED) is 0.835. The van der Waals surface area contributed by atoms with Crippen molar-refractivity contribution in [3.63, 3.8) is 0 Å². The van der Waals surface area contributed by atoms with Crippen LogP contribution >= 0.6 is 15.9 Å². The Kier molecular flexibility index (Phi) is 5.49. The van der Waals surface area contributed by atoms with Gasteiger partial charge in [0.25, 0.3) is 11.8 Å². The van der Waals surface area contributed by atoms with Crippen LogP contribution < -0.4 is 15.8 Å². The van der Waals surface area contributed by atoms with Crippen molar-refractivity contribution in [2.45, 2.75) is 5.92 Å². The van der Waals surface area contributed by atoms with Gasteiger partial charge in [0.2, 0.25) is 0 Å². The summed E-state index contributed by atoms with van der Waals surface area (Å²) >= 11 is 3.25. The molecule has 4 nitrogen and oxygen atoms in total. The molecule has 0 heterocycles. The monoisotopic (exact) mass is 322 g/mol. The molecule has 18 heavy (non-hydrogen) atoms. The number of carbonyl (C=O) groups is 1. The lowest BCUT2D eigenvalue weighted by atomic mass is 10.3. The van der Waals surface area contributed by atoms with Crippen molar-refractivity contribution in [2.24, 2.45) is 5.73 Å². The van der Waals surface area contributed by atoms with Crippen LogP contribution in [0.3, 0.4) is 0 Å². The van der Waals surface area contributed by atoms with E-state index in [2.05, 4.69) is 21.2 Å². The van der Waals surface area contributed by atoms with Crippen molar-refractivity contribution in [3.8, 4) is 5.75 Å². The third kappa shape index (κ3) is 5.42. The standard InChI is InChI=1S/C11H13BrF2N2O2/c12-8-1-3-9(4-2-8)18-5-10(17)16-7-11(13,14)6-15/h1-4H,5-7,15H2,(H,16,17). The number of benzene rings is 1. The van der Waals surface area contributed by atoms with E-state index in [0.717, 1.165) is 4.47 Å². The van der Waals surface area contributed by atoms with E-state index in [1.807, 2.05) is 0 Å². The number of nitrogens with two attached hydrogens (primary N) is 1. The van der Waals surface area contributed by atoms with Gasteiger partial charge in [0.1, 0.15) is 5.75 Å². The molecule has 0 aliphatic heterocycles. The van der Waals surface area contributed by atoms with E-state index in [1.54, 1.807) is 24.3 Å².